The van der Waals surface area contributed by atoms with Gasteiger partial charge in [-0.3, -0.25) is 0 Å². The molecule has 3 aromatic carbocycles. The monoisotopic (exact) mass is 348 g/mol. The molecule has 0 aliphatic carbocycles. The number of allylic oxidation sites excluding steroid dienone is 1. The van der Waals surface area contributed by atoms with Gasteiger partial charge in [0.25, 0.3) is 0 Å². The van der Waals surface area contributed by atoms with Crippen molar-refractivity contribution in [1.29, 1.82) is 0 Å². The molecule has 130 valence electrons. The summed E-state index contributed by atoms with van der Waals surface area (Å²) < 4.78 is 2.35. The maximum atomic E-state index is 3.97. The molecule has 0 aliphatic rings. The molecule has 0 spiro atoms. The zero-order valence-electron chi connectivity index (χ0n) is 15.2. The molecule has 2 aromatic heterocycles. The normalized spacial score (nSPS) is 11.9. The van der Waals surface area contributed by atoms with Crippen molar-refractivity contribution in [3.05, 3.63) is 90.6 Å². The van der Waals surface area contributed by atoms with Crippen molar-refractivity contribution in [1.82, 2.24) is 9.55 Å². The SMILES string of the molecule is C=Cc1[nH]c2cc3c4ccccc4n(-c4ccccc4)c3cc2c1/C=C\C. The van der Waals surface area contributed by atoms with E-state index in [1.807, 2.05) is 13.0 Å². The number of aromatic amines is 1. The molecular formula is C25H20N2. The predicted molar refractivity (Wildman–Crippen MR) is 117 cm³/mol. The average Bonchev–Trinajstić information content (AvgIpc) is 3.22. The van der Waals surface area contributed by atoms with Crippen LogP contribution in [0.1, 0.15) is 18.2 Å². The third-order valence-electron chi connectivity index (χ3n) is 5.21. The van der Waals surface area contributed by atoms with Crippen molar-refractivity contribution in [3.8, 4) is 5.69 Å². The number of H-pyrrole nitrogens is 1. The largest absolute Gasteiger partial charge is 0.355 e. The second-order valence-electron chi connectivity index (χ2n) is 6.76. The van der Waals surface area contributed by atoms with Crippen molar-refractivity contribution in [2.45, 2.75) is 6.92 Å². The first-order valence-electron chi connectivity index (χ1n) is 9.21. The molecule has 0 saturated carbocycles. The highest BCUT2D eigenvalue weighted by Crippen LogP contribution is 2.36. The molecule has 5 rings (SSSR count). The number of hydrogen-bond donors (Lipinski definition) is 1. The number of fused-ring (bicyclic) bond motifs is 4. The molecule has 0 saturated heterocycles. The van der Waals surface area contributed by atoms with Gasteiger partial charge in [-0.05, 0) is 43.3 Å². The summed E-state index contributed by atoms with van der Waals surface area (Å²) in [5.74, 6) is 0. The highest BCUT2D eigenvalue weighted by molar-refractivity contribution is 6.14. The van der Waals surface area contributed by atoms with Crippen LogP contribution in [0.25, 0.3) is 50.5 Å². The smallest absolute Gasteiger partial charge is 0.0548 e. The van der Waals surface area contributed by atoms with E-state index in [0.29, 0.717) is 0 Å². The average molecular weight is 348 g/mol. The van der Waals surface area contributed by atoms with E-state index in [2.05, 4.69) is 95.0 Å². The summed E-state index contributed by atoms with van der Waals surface area (Å²) in [6.07, 6.45) is 6.12. The minimum absolute atomic E-state index is 1.06. The Morgan fingerprint density at radius 1 is 0.852 bits per heavy atom. The van der Waals surface area contributed by atoms with E-state index in [0.717, 1.165) is 11.2 Å². The Morgan fingerprint density at radius 2 is 1.63 bits per heavy atom. The fourth-order valence-electron chi connectivity index (χ4n) is 4.06. The molecule has 0 amide bonds. The molecule has 0 bridgehead atoms. The summed E-state index contributed by atoms with van der Waals surface area (Å²) in [4.78, 5) is 3.53. The Hall–Kier alpha value is -3.52. The van der Waals surface area contributed by atoms with Gasteiger partial charge in [-0.2, -0.15) is 0 Å². The summed E-state index contributed by atoms with van der Waals surface area (Å²) in [5.41, 5.74) is 7.01. The highest BCUT2D eigenvalue weighted by Gasteiger charge is 2.15. The zero-order chi connectivity index (χ0) is 18.4. The Bertz CT molecular complexity index is 1330. The second kappa shape index (κ2) is 6.03. The molecule has 1 N–H and O–H groups in total. The molecule has 27 heavy (non-hydrogen) atoms. The van der Waals surface area contributed by atoms with Crippen LogP contribution in [0.4, 0.5) is 0 Å². The summed E-state index contributed by atoms with van der Waals surface area (Å²) in [6.45, 7) is 6.02. The van der Waals surface area contributed by atoms with Crippen LogP contribution in [0.2, 0.25) is 0 Å². The predicted octanol–water partition coefficient (Wildman–Crippen LogP) is 6.94. The van der Waals surface area contributed by atoms with Crippen LogP contribution >= 0.6 is 0 Å². The molecule has 0 unspecified atom stereocenters. The van der Waals surface area contributed by atoms with E-state index in [1.54, 1.807) is 0 Å². The van der Waals surface area contributed by atoms with E-state index in [1.165, 1.54) is 38.4 Å². The number of aromatic nitrogens is 2. The van der Waals surface area contributed by atoms with Crippen molar-refractivity contribution >= 4 is 44.9 Å². The second-order valence-corrected chi connectivity index (χ2v) is 6.76. The first-order chi connectivity index (χ1) is 13.3. The van der Waals surface area contributed by atoms with Crippen LogP contribution < -0.4 is 0 Å². The third kappa shape index (κ3) is 2.27. The van der Waals surface area contributed by atoms with Gasteiger partial charge in [0.2, 0.25) is 0 Å². The number of rotatable bonds is 3. The molecule has 0 radical (unpaired) electrons. The Kier molecular flexibility index (Phi) is 3.51. The van der Waals surface area contributed by atoms with Crippen LogP contribution in [-0.2, 0) is 0 Å². The van der Waals surface area contributed by atoms with Gasteiger partial charge in [0.05, 0.1) is 11.0 Å². The maximum Gasteiger partial charge on any atom is 0.0548 e. The molecule has 2 nitrogen and oxygen atoms in total. The van der Waals surface area contributed by atoms with Gasteiger partial charge in [-0.1, -0.05) is 55.1 Å². The number of hydrogen-bond acceptors (Lipinski definition) is 0. The minimum atomic E-state index is 1.06. The van der Waals surface area contributed by atoms with Gasteiger partial charge >= 0.3 is 0 Å². The molecule has 2 heterocycles. The molecule has 2 heteroatoms. The van der Waals surface area contributed by atoms with Crippen LogP contribution in [0, 0.1) is 0 Å². The van der Waals surface area contributed by atoms with Crippen molar-refractivity contribution < 1.29 is 0 Å². The van der Waals surface area contributed by atoms with Crippen LogP contribution in [0.3, 0.4) is 0 Å². The lowest BCUT2D eigenvalue weighted by Gasteiger charge is -2.07. The van der Waals surface area contributed by atoms with Gasteiger partial charge in [-0.15, -0.1) is 0 Å². The van der Waals surface area contributed by atoms with Crippen molar-refractivity contribution in [2.75, 3.05) is 0 Å². The van der Waals surface area contributed by atoms with E-state index in [-0.39, 0.29) is 0 Å². The number of nitrogens with one attached hydrogen (secondary N) is 1. The number of nitrogens with zero attached hydrogens (tertiary/aromatic N) is 1. The Labute approximate surface area is 158 Å². The minimum Gasteiger partial charge on any atom is -0.355 e. The molecule has 0 aliphatic heterocycles. The lowest BCUT2D eigenvalue weighted by atomic mass is 10.1. The Balaban J connectivity index is 1.99. The van der Waals surface area contributed by atoms with E-state index in [9.17, 15) is 0 Å². The van der Waals surface area contributed by atoms with Crippen LogP contribution in [-0.4, -0.2) is 9.55 Å². The maximum absolute atomic E-state index is 3.97. The van der Waals surface area contributed by atoms with Crippen LogP contribution in [0.5, 0.6) is 0 Å². The standard InChI is InChI=1S/C25H20N2/c1-3-10-18-20-16-25-21(15-23(20)26-22(18)4-2)19-13-8-9-14-24(19)27(25)17-11-6-5-7-12-17/h3-16,26H,2H2,1H3/b10-3-. The van der Waals surface area contributed by atoms with E-state index < -0.39 is 0 Å². The lowest BCUT2D eigenvalue weighted by molar-refractivity contribution is 1.18. The summed E-state index contributed by atoms with van der Waals surface area (Å²) in [7, 11) is 0. The number of benzene rings is 3. The van der Waals surface area contributed by atoms with Gasteiger partial charge in [0.15, 0.2) is 0 Å². The zero-order valence-corrected chi connectivity index (χ0v) is 15.2. The molecule has 0 atom stereocenters. The van der Waals surface area contributed by atoms with Gasteiger partial charge in [0.1, 0.15) is 0 Å². The molecule has 5 aromatic rings. The summed E-state index contributed by atoms with van der Waals surface area (Å²) in [5, 5.41) is 3.74. The van der Waals surface area contributed by atoms with E-state index >= 15 is 0 Å². The lowest BCUT2D eigenvalue weighted by Crippen LogP contribution is -1.92. The van der Waals surface area contributed by atoms with Gasteiger partial charge < -0.3 is 9.55 Å². The summed E-state index contributed by atoms with van der Waals surface area (Å²) in [6, 6.07) is 23.7. The molecule has 0 fully saturated rings. The fourth-order valence-corrected chi connectivity index (χ4v) is 4.06. The van der Waals surface area contributed by atoms with Crippen molar-refractivity contribution in [3.63, 3.8) is 0 Å². The van der Waals surface area contributed by atoms with E-state index in [4.69, 9.17) is 0 Å². The Morgan fingerprint density at radius 3 is 2.41 bits per heavy atom. The first-order valence-corrected chi connectivity index (χ1v) is 9.21. The fraction of sp³-hybridized carbons (Fsp3) is 0.0400. The quantitative estimate of drug-likeness (QED) is 0.364. The third-order valence-corrected chi connectivity index (χ3v) is 5.21. The first kappa shape index (κ1) is 15.7. The van der Waals surface area contributed by atoms with Gasteiger partial charge in [0, 0.05) is 38.6 Å². The highest BCUT2D eigenvalue weighted by atomic mass is 15.0. The molecular weight excluding hydrogens is 328 g/mol. The van der Waals surface area contributed by atoms with Gasteiger partial charge in [-0.25, -0.2) is 0 Å². The van der Waals surface area contributed by atoms with Crippen molar-refractivity contribution in [2.24, 2.45) is 0 Å². The summed E-state index contributed by atoms with van der Waals surface area (Å²) >= 11 is 0. The van der Waals surface area contributed by atoms with Crippen LogP contribution in [0.15, 0.2) is 79.4 Å². The number of para-hydroxylation sites is 2. The topological polar surface area (TPSA) is 20.7 Å².